The van der Waals surface area contributed by atoms with Gasteiger partial charge in [-0.15, -0.1) is 0 Å². The van der Waals surface area contributed by atoms with Crippen molar-refractivity contribution in [1.29, 1.82) is 0 Å². The molecule has 0 aliphatic carbocycles. The van der Waals surface area contributed by atoms with Crippen LogP contribution < -0.4 is 66.6 Å². The Balaban J connectivity index is 0.000000151. The molecule has 0 spiro atoms. The number of nitrogens with two attached hydrogens (primary N) is 5. The number of aliphatic hydroxyl groups excluding tert-OH is 6. The maximum Gasteiger partial charge on any atom is 0.351 e. The number of rotatable bonds is 31. The van der Waals surface area contributed by atoms with Crippen LogP contribution in [-0.2, 0) is 119 Å². The molecule has 0 bridgehead atoms. The quantitative estimate of drug-likeness (QED) is 0.0148. The SMILES string of the molecule is CO[C@@H]1C(OP(C)(=O)OC[C@H]2O[C@@H](n3cnc4c(N)ncnc43)CC2O)[C@@H](CO)O[C@H]1n1ccc(=O)[nH]c1=O.Cc1cn([C@H]2CC(OP([O-])(=S)OC[C@H]3O[C@@H](n4cnc5c(N)ncnc54)CC3O)[C@@H](COP(=O)([S-])OC3C[C@H](n4ccc(N)nc4=O)O[C@@H]3CO)O2)c(=O)[nH]c1=O.Nc1ncnc2c1ccn2[C@H]1CC(OP([O-])(=S)OC[C@H]2O[C@@H](n3cnc4c(N)ncnc43)CC2O)[C@@H](CO)O1. The Hall–Kier alpha value is -9.34. The Labute approximate surface area is 773 Å². The number of anilines is 5. The summed E-state index contributed by atoms with van der Waals surface area (Å²) in [7, 11) is -2.52. The van der Waals surface area contributed by atoms with E-state index in [1.165, 1.54) is 89.6 Å². The summed E-state index contributed by atoms with van der Waals surface area (Å²) in [5.41, 5.74) is 28.6. The zero-order valence-corrected chi connectivity index (χ0v) is 76.8. The molecule has 7 saturated heterocycles. The van der Waals surface area contributed by atoms with Crippen LogP contribution in [0, 0.1) is 6.92 Å². The molecule has 57 nitrogen and oxygen atoms in total. The molecule has 18 N–H and O–H groups in total. The summed E-state index contributed by atoms with van der Waals surface area (Å²) in [6.45, 7) is -13.4. The fourth-order valence-electron chi connectivity index (χ4n) is 16.1. The van der Waals surface area contributed by atoms with Crippen molar-refractivity contribution in [2.45, 2.75) is 181 Å². The van der Waals surface area contributed by atoms with Crippen LogP contribution in [0.2, 0.25) is 0 Å². The second-order valence-electron chi connectivity index (χ2n) is 31.5. The lowest BCUT2D eigenvalue weighted by Gasteiger charge is -2.34. The number of aromatic amines is 2. The highest BCUT2D eigenvalue weighted by atomic mass is 32.7. The Kier molecular flexibility index (Phi) is 30.0. The van der Waals surface area contributed by atoms with Gasteiger partial charge < -0.3 is 155 Å². The minimum atomic E-state index is -4.43. The van der Waals surface area contributed by atoms with Crippen molar-refractivity contribution in [2.24, 2.45) is 0 Å². The predicted octanol–water partition coefficient (Wildman–Crippen LogP) is -3.55. The molecule has 11 unspecified atom stereocenters. The number of aliphatic hydroxyl groups is 6. The number of imidazole rings is 3. The Morgan fingerprint density at radius 3 is 1.38 bits per heavy atom. The smallest absolute Gasteiger partial charge is 0.351 e. The second kappa shape index (κ2) is 41.0. The first-order valence-corrected chi connectivity index (χ1v) is 50.7. The molecule has 0 aromatic carbocycles. The van der Waals surface area contributed by atoms with Crippen molar-refractivity contribution in [2.75, 3.05) is 88.7 Å². The highest BCUT2D eigenvalue weighted by molar-refractivity contribution is 8.32. The Morgan fingerprint density at radius 2 is 0.889 bits per heavy atom. The van der Waals surface area contributed by atoms with Crippen LogP contribution in [0.15, 0.2) is 111 Å². The van der Waals surface area contributed by atoms with Gasteiger partial charge in [0.15, 0.2) is 47.4 Å². The van der Waals surface area contributed by atoms with E-state index in [0.29, 0.717) is 50.3 Å². The van der Waals surface area contributed by atoms with Crippen LogP contribution in [0.3, 0.4) is 0 Å². The van der Waals surface area contributed by atoms with Gasteiger partial charge in [-0.05, 0) is 19.1 Å². The number of nitrogens with one attached hydrogen (secondary N) is 2. The monoisotopic (exact) mass is 2020 g/mol. The number of fused-ring (bicyclic) bond motifs is 4. The van der Waals surface area contributed by atoms with Crippen molar-refractivity contribution >= 4 is 137 Å². The van der Waals surface area contributed by atoms with Gasteiger partial charge in [0.1, 0.15) is 165 Å². The molecule has 0 saturated carbocycles. The lowest BCUT2D eigenvalue weighted by molar-refractivity contribution is -0.216. The summed E-state index contributed by atoms with van der Waals surface area (Å²) in [6, 6.07) is 4.25. The maximum absolute atomic E-state index is 13.6. The number of hydrogen-bond donors (Lipinski definition) is 13. The van der Waals surface area contributed by atoms with Gasteiger partial charge in [-0.3, -0.25) is 60.6 Å². The van der Waals surface area contributed by atoms with Gasteiger partial charge in [-0.1, -0.05) is 23.6 Å². The highest BCUT2D eigenvalue weighted by Crippen LogP contribution is 2.54. The topological polar surface area (TPSA) is 786 Å². The third-order valence-corrected chi connectivity index (χ3v) is 28.7. The summed E-state index contributed by atoms with van der Waals surface area (Å²) < 4.78 is 128. The number of H-pyrrole nitrogens is 2. The average molecular weight is 2020 g/mol. The molecule has 0 radical (unpaired) electrons. The first-order chi connectivity index (χ1) is 64.4. The van der Waals surface area contributed by atoms with Crippen molar-refractivity contribution < 1.29 is 124 Å². The van der Waals surface area contributed by atoms with E-state index in [-0.39, 0.29) is 80.6 Å². The fraction of sp³-hybridized carbons (Fsp3) is 0.535. The van der Waals surface area contributed by atoms with Crippen molar-refractivity contribution in [3.8, 4) is 0 Å². The molecule has 7 aliphatic heterocycles. The van der Waals surface area contributed by atoms with Gasteiger partial charge in [0.25, 0.3) is 11.1 Å². The van der Waals surface area contributed by atoms with Crippen molar-refractivity contribution in [3.05, 3.63) is 145 Å². The van der Waals surface area contributed by atoms with Crippen molar-refractivity contribution in [3.63, 3.8) is 0 Å². The van der Waals surface area contributed by atoms with Crippen LogP contribution in [0.4, 0.5) is 29.1 Å². The summed E-state index contributed by atoms with van der Waals surface area (Å²) in [5, 5.41) is 62.2. The molecule has 135 heavy (non-hydrogen) atoms. The van der Waals surface area contributed by atoms with E-state index >= 15 is 0 Å². The van der Waals surface area contributed by atoms with Crippen LogP contribution >= 0.6 is 27.8 Å². The van der Waals surface area contributed by atoms with Gasteiger partial charge in [-0.25, -0.2) is 69.2 Å². The average Bonchev–Trinajstić information content (AvgIpc) is 1.64. The van der Waals surface area contributed by atoms with E-state index in [0.717, 1.165) is 19.8 Å². The number of ether oxygens (including phenoxy) is 8. The molecule has 11 aromatic heterocycles. The zero-order chi connectivity index (χ0) is 96.0. The largest absolute Gasteiger partial charge is 0.780 e. The number of methoxy groups -OCH3 is 1. The van der Waals surface area contributed by atoms with Gasteiger partial charge in [-0.2, -0.15) is 4.98 Å². The first kappa shape index (κ1) is 98.7. The third kappa shape index (κ3) is 21.9. The van der Waals surface area contributed by atoms with Crippen LogP contribution in [0.1, 0.15) is 87.7 Å². The molecule has 64 heteroatoms. The van der Waals surface area contributed by atoms with Gasteiger partial charge in [0, 0.05) is 88.7 Å². The number of nitrogen functional groups attached to an aromatic ring is 5. The molecule has 11 aromatic rings. The first-order valence-electron chi connectivity index (χ1n) is 41.0. The molecule has 7 fully saturated rings. The standard InChI is InChI=1S/C29H38N10O14P2S2.C21H26N9O7PS.C21H28N7O10P/c1-13-7-38(29(44)36-27(13)42)23-6-16(53-54(45,56)47-9-18-14(41)4-21(50-18)39-12-34-24-25(31)32-11-33-26(24)39)19(51-23)10-48-55(46,57)52-15-5-22(49-17(15)8-40)37-3-2-20(30)35-28(37)43;22-18-10-1-2-29(20(10)26-7-24-18)16-4-12(13(5-31)35-16)37-38(33,39)34-6-14-11(32)3-15(36-14)30-9-28-17-19(23)25-8-27-21(17)30;1-34-17-16(11(6-29)37-20(17)27-4-3-13(31)26-21(27)32)38-39(2,33)35-7-12-10(30)5-14(36-12)28-9-25-15-18(22)23-8-24-19(15)28/h2-3,7,11-12,14-19,21-23,40-41H,4-6,8-10H2,1H3,(H,45,56)(H,46,57)(H2,30,35,43)(H2,31,32,33)(H,36,42,44);1-2,7-9,11-16,31-32H,3-6H2,(H,33,39)(H2,22,24,26)(H2,23,25,27);3-4,8-12,14,16-17,20,29-30H,5-7H2,1-2H3,(H2,22,23,24)(H,26,31,32)/p-3/t14?,15?,16?,17-,18-,19-,21-,22-,23-,54?,55?;11?,12?,13-,14-,15-,16-,38?;10?,11-,12-,14-,16?,17-,20-,39?/m111/s1. The number of aryl methyl sites for hydroxylation is 1. The Bertz CT molecular complexity index is 6660. The predicted molar refractivity (Wildman–Crippen MR) is 467 cm³/mol. The molecule has 730 valence electrons. The second-order valence-corrected chi connectivity index (χ2v) is 41.6. The summed E-state index contributed by atoms with van der Waals surface area (Å²) >= 11 is 15.5. The van der Waals surface area contributed by atoms with E-state index < -0.39 is 224 Å². The third-order valence-electron chi connectivity index (χ3n) is 22.7. The minimum Gasteiger partial charge on any atom is -0.780 e. The van der Waals surface area contributed by atoms with Gasteiger partial charge in [0.05, 0.1) is 107 Å². The molecule has 7 aliphatic rings. The van der Waals surface area contributed by atoms with Gasteiger partial charge in [0.2, 0.25) is 0 Å². The molecule has 18 heterocycles. The van der Waals surface area contributed by atoms with E-state index in [1.54, 1.807) is 30.5 Å². The minimum absolute atomic E-state index is 0.0134. The number of hydrogen-bond acceptors (Lipinski definition) is 51. The molecule has 0 amide bonds. The normalized spacial score (nSPS) is 29.8. The summed E-state index contributed by atoms with van der Waals surface area (Å²) in [5.74, 6) is 0.902. The highest BCUT2D eigenvalue weighted by Gasteiger charge is 2.51. The van der Waals surface area contributed by atoms with Gasteiger partial charge >= 0.3 is 24.7 Å². The summed E-state index contributed by atoms with van der Waals surface area (Å²) in [6.07, 6.45) is -5.34. The summed E-state index contributed by atoms with van der Waals surface area (Å²) in [4.78, 5) is 141. The van der Waals surface area contributed by atoms with E-state index in [1.807, 2.05) is 0 Å². The van der Waals surface area contributed by atoms with Crippen LogP contribution in [-0.4, -0.2) is 284 Å². The van der Waals surface area contributed by atoms with E-state index in [2.05, 4.69) is 69.8 Å². The zero-order valence-electron chi connectivity index (χ0n) is 70.8. The molecule has 18 rings (SSSR count). The van der Waals surface area contributed by atoms with Crippen molar-refractivity contribution in [1.82, 2.24) is 102 Å². The van der Waals surface area contributed by atoms with Crippen LogP contribution in [0.25, 0.3) is 44.5 Å². The molecular formula is C71H89N26O31P4S3-3. The Morgan fingerprint density at radius 1 is 0.474 bits per heavy atom. The lowest BCUT2D eigenvalue weighted by atomic mass is 10.1. The van der Waals surface area contributed by atoms with E-state index in [4.69, 9.17) is 139 Å². The van der Waals surface area contributed by atoms with E-state index in [9.17, 15) is 73.5 Å². The maximum atomic E-state index is 13.6. The van der Waals surface area contributed by atoms with Crippen LogP contribution in [0.5, 0.6) is 0 Å². The number of nitrogens with zero attached hydrogens (tertiary/aromatic N) is 19. The fourth-order valence-corrected chi connectivity index (χ4v) is 21.6. The molecule has 26 atom stereocenters. The number of aromatic nitrogens is 21. The lowest BCUT2D eigenvalue weighted by Crippen LogP contribution is -2.40. The molecular weight excluding hydrogens is 1930 g/mol.